The number of H-pyrrole nitrogens is 1. The van der Waals surface area contributed by atoms with E-state index in [1.807, 2.05) is 4.90 Å². The molecule has 0 unspecified atom stereocenters. The van der Waals surface area contributed by atoms with Crippen LogP contribution >= 0.6 is 0 Å². The molecule has 1 N–H and O–H groups in total. The van der Waals surface area contributed by atoms with Crippen molar-refractivity contribution in [1.82, 2.24) is 19.4 Å². The standard InChI is InChI=1S/C19H19FN4O2/c20-13-6-7-14-15(12-13)22-19(21-14)16-4-3-10-24(16)18(26)8-11-23-9-2-1-5-17(23)25/h1-2,5-7,9,12,16H,3-4,8,10-11H2,(H,21,22)/t16-/m1/s1. The van der Waals surface area contributed by atoms with E-state index in [0.717, 1.165) is 12.8 Å². The minimum atomic E-state index is -0.319. The smallest absolute Gasteiger partial charge is 0.250 e. The third kappa shape index (κ3) is 3.12. The Morgan fingerprint density at radius 3 is 3.04 bits per heavy atom. The number of nitrogens with zero attached hydrogens (tertiary/aromatic N) is 3. The number of aryl methyl sites for hydroxylation is 1. The van der Waals surface area contributed by atoms with Crippen LogP contribution in [0.2, 0.25) is 0 Å². The van der Waals surface area contributed by atoms with Gasteiger partial charge in [-0.05, 0) is 37.1 Å². The number of aromatic amines is 1. The second-order valence-corrected chi connectivity index (χ2v) is 6.51. The Morgan fingerprint density at radius 2 is 2.19 bits per heavy atom. The van der Waals surface area contributed by atoms with Crippen LogP contribution in [-0.4, -0.2) is 31.9 Å². The zero-order valence-corrected chi connectivity index (χ0v) is 14.2. The highest BCUT2D eigenvalue weighted by atomic mass is 19.1. The Balaban J connectivity index is 1.51. The van der Waals surface area contributed by atoms with Gasteiger partial charge in [0, 0.05) is 31.8 Å². The molecule has 134 valence electrons. The maximum atomic E-state index is 13.4. The highest BCUT2D eigenvalue weighted by Gasteiger charge is 2.31. The molecule has 1 aromatic carbocycles. The van der Waals surface area contributed by atoms with Crippen LogP contribution in [0.4, 0.5) is 4.39 Å². The van der Waals surface area contributed by atoms with Crippen LogP contribution in [0.1, 0.15) is 31.1 Å². The summed E-state index contributed by atoms with van der Waals surface area (Å²) < 4.78 is 14.9. The van der Waals surface area contributed by atoms with E-state index in [2.05, 4.69) is 9.97 Å². The van der Waals surface area contributed by atoms with Crippen molar-refractivity contribution in [2.75, 3.05) is 6.54 Å². The number of halogens is 1. The summed E-state index contributed by atoms with van der Waals surface area (Å²) in [6.45, 7) is 1.02. The van der Waals surface area contributed by atoms with Gasteiger partial charge in [0.1, 0.15) is 11.6 Å². The first-order chi connectivity index (χ1) is 12.6. The first-order valence-corrected chi connectivity index (χ1v) is 8.72. The molecule has 0 bridgehead atoms. The van der Waals surface area contributed by atoms with E-state index < -0.39 is 0 Å². The third-order valence-electron chi connectivity index (χ3n) is 4.82. The lowest BCUT2D eigenvalue weighted by Gasteiger charge is -2.23. The zero-order valence-electron chi connectivity index (χ0n) is 14.2. The Morgan fingerprint density at radius 1 is 1.31 bits per heavy atom. The number of nitrogens with one attached hydrogen (secondary N) is 1. The molecule has 1 amide bonds. The zero-order chi connectivity index (χ0) is 18.1. The van der Waals surface area contributed by atoms with E-state index in [9.17, 15) is 14.0 Å². The number of likely N-dealkylation sites (tertiary alicyclic amines) is 1. The molecule has 3 heterocycles. The highest BCUT2D eigenvalue weighted by molar-refractivity contribution is 5.78. The van der Waals surface area contributed by atoms with Gasteiger partial charge in [-0.2, -0.15) is 0 Å². The number of pyridine rings is 1. The van der Waals surface area contributed by atoms with Gasteiger partial charge < -0.3 is 14.5 Å². The van der Waals surface area contributed by atoms with Crippen molar-refractivity contribution < 1.29 is 9.18 Å². The van der Waals surface area contributed by atoms with Crippen LogP contribution in [0.15, 0.2) is 47.4 Å². The van der Waals surface area contributed by atoms with Gasteiger partial charge in [-0.25, -0.2) is 9.37 Å². The minimum absolute atomic E-state index is 0.00473. The van der Waals surface area contributed by atoms with Crippen molar-refractivity contribution in [2.45, 2.75) is 31.8 Å². The molecular weight excluding hydrogens is 335 g/mol. The number of carbonyl (C=O) groups excluding carboxylic acids is 1. The number of fused-ring (bicyclic) bond motifs is 1. The Bertz CT molecular complexity index is 1010. The van der Waals surface area contributed by atoms with Gasteiger partial charge in [-0.1, -0.05) is 6.07 Å². The summed E-state index contributed by atoms with van der Waals surface area (Å²) >= 11 is 0. The molecule has 1 aliphatic rings. The van der Waals surface area contributed by atoms with Crippen LogP contribution in [-0.2, 0) is 11.3 Å². The number of hydrogen-bond donors (Lipinski definition) is 1. The molecule has 2 aromatic heterocycles. The number of aromatic nitrogens is 3. The number of hydrogen-bond acceptors (Lipinski definition) is 3. The Labute approximate surface area is 149 Å². The van der Waals surface area contributed by atoms with Crippen molar-refractivity contribution in [3.8, 4) is 0 Å². The van der Waals surface area contributed by atoms with Gasteiger partial charge in [0.2, 0.25) is 5.91 Å². The van der Waals surface area contributed by atoms with Gasteiger partial charge in [-0.15, -0.1) is 0 Å². The summed E-state index contributed by atoms with van der Waals surface area (Å²) in [5, 5.41) is 0. The molecule has 0 saturated carbocycles. The summed E-state index contributed by atoms with van der Waals surface area (Å²) in [6.07, 6.45) is 3.66. The second kappa shape index (κ2) is 6.74. The number of rotatable bonds is 4. The van der Waals surface area contributed by atoms with Crippen LogP contribution in [0.5, 0.6) is 0 Å². The van der Waals surface area contributed by atoms with Gasteiger partial charge in [-0.3, -0.25) is 9.59 Å². The Kier molecular flexibility index (Phi) is 4.28. The quantitative estimate of drug-likeness (QED) is 0.783. The fourth-order valence-corrected chi connectivity index (χ4v) is 3.51. The van der Waals surface area contributed by atoms with Crippen LogP contribution < -0.4 is 5.56 Å². The topological polar surface area (TPSA) is 71.0 Å². The van der Waals surface area contributed by atoms with E-state index in [-0.39, 0.29) is 29.7 Å². The molecule has 6 nitrogen and oxygen atoms in total. The number of carbonyl (C=O) groups is 1. The van der Waals surface area contributed by atoms with Crippen LogP contribution in [0, 0.1) is 5.82 Å². The second-order valence-electron chi connectivity index (χ2n) is 6.51. The minimum Gasteiger partial charge on any atom is -0.340 e. The fourth-order valence-electron chi connectivity index (χ4n) is 3.51. The highest BCUT2D eigenvalue weighted by Crippen LogP contribution is 2.32. The lowest BCUT2D eigenvalue weighted by atomic mass is 10.2. The normalized spacial score (nSPS) is 17.1. The average molecular weight is 354 g/mol. The molecular formula is C19H19FN4O2. The van der Waals surface area contributed by atoms with Crippen LogP contribution in [0.3, 0.4) is 0 Å². The first kappa shape index (κ1) is 16.5. The summed E-state index contributed by atoms with van der Waals surface area (Å²) in [4.78, 5) is 33.9. The summed E-state index contributed by atoms with van der Waals surface area (Å²) in [6, 6.07) is 9.23. The van der Waals surface area contributed by atoms with Gasteiger partial charge in [0.15, 0.2) is 0 Å². The van der Waals surface area contributed by atoms with Crippen molar-refractivity contribution in [3.63, 3.8) is 0 Å². The molecule has 1 saturated heterocycles. The van der Waals surface area contributed by atoms with E-state index in [4.69, 9.17) is 0 Å². The number of imidazole rings is 1. The van der Waals surface area contributed by atoms with E-state index in [0.29, 0.717) is 29.9 Å². The molecule has 0 spiro atoms. The average Bonchev–Trinajstić information content (AvgIpc) is 3.26. The van der Waals surface area contributed by atoms with Gasteiger partial charge in [0.25, 0.3) is 5.56 Å². The van der Waals surface area contributed by atoms with Crippen molar-refractivity contribution in [2.24, 2.45) is 0 Å². The predicted molar refractivity (Wildman–Crippen MR) is 95.1 cm³/mol. The molecule has 1 atom stereocenters. The molecule has 26 heavy (non-hydrogen) atoms. The van der Waals surface area contributed by atoms with E-state index in [1.54, 1.807) is 24.4 Å². The lowest BCUT2D eigenvalue weighted by Crippen LogP contribution is -2.32. The van der Waals surface area contributed by atoms with Gasteiger partial charge in [0.05, 0.1) is 17.1 Å². The Hall–Kier alpha value is -2.96. The van der Waals surface area contributed by atoms with E-state index in [1.165, 1.54) is 22.8 Å². The fraction of sp³-hybridized carbons (Fsp3) is 0.316. The lowest BCUT2D eigenvalue weighted by molar-refractivity contribution is -0.132. The molecule has 0 aliphatic carbocycles. The maximum absolute atomic E-state index is 13.4. The maximum Gasteiger partial charge on any atom is 0.250 e. The summed E-state index contributed by atoms with van der Waals surface area (Å²) in [5.74, 6) is 0.364. The SMILES string of the molecule is O=C(CCn1ccccc1=O)N1CCC[C@@H]1c1nc2ccc(F)cc2[nH]1. The van der Waals surface area contributed by atoms with Crippen molar-refractivity contribution in [1.29, 1.82) is 0 Å². The largest absolute Gasteiger partial charge is 0.340 e. The molecule has 0 radical (unpaired) electrons. The van der Waals surface area contributed by atoms with Crippen LogP contribution in [0.25, 0.3) is 11.0 Å². The molecule has 7 heteroatoms. The number of benzene rings is 1. The first-order valence-electron chi connectivity index (χ1n) is 8.72. The summed E-state index contributed by atoms with van der Waals surface area (Å²) in [7, 11) is 0. The summed E-state index contributed by atoms with van der Waals surface area (Å²) in [5.41, 5.74) is 1.21. The predicted octanol–water partition coefficient (Wildman–Crippen LogP) is 2.62. The molecule has 4 rings (SSSR count). The van der Waals surface area contributed by atoms with Crippen molar-refractivity contribution >= 4 is 16.9 Å². The van der Waals surface area contributed by atoms with Crippen molar-refractivity contribution in [3.05, 3.63) is 64.6 Å². The van der Waals surface area contributed by atoms with Gasteiger partial charge >= 0.3 is 0 Å². The van der Waals surface area contributed by atoms with E-state index >= 15 is 0 Å². The monoisotopic (exact) mass is 354 g/mol. The number of amides is 1. The third-order valence-corrected chi connectivity index (χ3v) is 4.82. The molecule has 3 aromatic rings. The molecule has 1 aliphatic heterocycles. The molecule has 1 fully saturated rings.